The zero-order valence-electron chi connectivity index (χ0n) is 12.6. The fraction of sp³-hybridized carbons (Fsp3) is 0.375. The van der Waals surface area contributed by atoms with E-state index in [4.69, 9.17) is 0 Å². The Bertz CT molecular complexity index is 576. The molecule has 0 fully saturated rings. The summed E-state index contributed by atoms with van der Waals surface area (Å²) in [7, 11) is 1.88. The summed E-state index contributed by atoms with van der Waals surface area (Å²) in [4.78, 5) is 9.05. The summed E-state index contributed by atoms with van der Waals surface area (Å²) < 4.78 is 0. The number of hydrogen-bond acceptors (Lipinski definition) is 4. The maximum absolute atomic E-state index is 4.58. The van der Waals surface area contributed by atoms with E-state index in [0.717, 1.165) is 41.6 Å². The number of rotatable bonds is 5. The molecule has 0 unspecified atom stereocenters. The largest absolute Gasteiger partial charge is 0.373 e. The number of aromatic nitrogens is 2. The third-order valence-corrected chi connectivity index (χ3v) is 3.37. The molecule has 0 saturated heterocycles. The van der Waals surface area contributed by atoms with Gasteiger partial charge in [-0.25, -0.2) is 9.97 Å². The lowest BCUT2D eigenvalue weighted by atomic mass is 10.1. The number of aryl methyl sites for hydroxylation is 2. The third-order valence-electron chi connectivity index (χ3n) is 3.37. The Morgan fingerprint density at radius 3 is 2.15 bits per heavy atom. The number of anilines is 3. The lowest BCUT2D eigenvalue weighted by Crippen LogP contribution is -2.06. The summed E-state index contributed by atoms with van der Waals surface area (Å²) in [6.07, 6.45) is 1.87. The minimum atomic E-state index is 0.818. The van der Waals surface area contributed by atoms with E-state index < -0.39 is 0 Å². The molecule has 1 aromatic carbocycles. The second-order valence-corrected chi connectivity index (χ2v) is 4.74. The van der Waals surface area contributed by atoms with Crippen molar-refractivity contribution in [1.29, 1.82) is 0 Å². The highest BCUT2D eigenvalue weighted by molar-refractivity contribution is 5.64. The van der Waals surface area contributed by atoms with Gasteiger partial charge in [-0.15, -0.1) is 0 Å². The normalized spacial score (nSPS) is 10.4. The van der Waals surface area contributed by atoms with Crippen LogP contribution >= 0.6 is 0 Å². The fourth-order valence-electron chi connectivity index (χ4n) is 2.05. The number of hydrogen-bond donors (Lipinski definition) is 2. The lowest BCUT2D eigenvalue weighted by Gasteiger charge is -2.13. The van der Waals surface area contributed by atoms with Crippen molar-refractivity contribution in [1.82, 2.24) is 9.97 Å². The minimum Gasteiger partial charge on any atom is -0.373 e. The van der Waals surface area contributed by atoms with E-state index in [1.807, 2.05) is 14.0 Å². The first-order valence-electron chi connectivity index (χ1n) is 7.09. The van der Waals surface area contributed by atoms with E-state index in [9.17, 15) is 0 Å². The van der Waals surface area contributed by atoms with E-state index >= 15 is 0 Å². The van der Waals surface area contributed by atoms with E-state index in [-0.39, 0.29) is 0 Å². The maximum atomic E-state index is 4.58. The molecule has 4 nitrogen and oxygen atoms in total. The average molecular weight is 270 g/mol. The molecule has 1 heterocycles. The highest BCUT2D eigenvalue weighted by Gasteiger charge is 2.09. The Kier molecular flexibility index (Phi) is 4.56. The van der Waals surface area contributed by atoms with Crippen LogP contribution in [0.1, 0.15) is 30.8 Å². The van der Waals surface area contributed by atoms with Crippen molar-refractivity contribution >= 4 is 17.3 Å². The van der Waals surface area contributed by atoms with Gasteiger partial charge in [0.05, 0.1) is 0 Å². The molecule has 0 bridgehead atoms. The molecular formula is C16H22N4. The number of nitrogens with zero attached hydrogens (tertiary/aromatic N) is 2. The van der Waals surface area contributed by atoms with E-state index in [0.29, 0.717) is 0 Å². The topological polar surface area (TPSA) is 49.8 Å². The van der Waals surface area contributed by atoms with Crippen LogP contribution in [0.4, 0.5) is 17.3 Å². The Morgan fingerprint density at radius 1 is 0.950 bits per heavy atom. The maximum Gasteiger partial charge on any atom is 0.139 e. The summed E-state index contributed by atoms with van der Waals surface area (Å²) in [5, 5.41) is 6.51. The van der Waals surface area contributed by atoms with Gasteiger partial charge in [0.15, 0.2) is 0 Å². The van der Waals surface area contributed by atoms with E-state index in [1.54, 1.807) is 0 Å². The molecule has 2 aromatic rings. The highest BCUT2D eigenvalue weighted by atomic mass is 15.1. The number of benzene rings is 1. The first-order chi connectivity index (χ1) is 9.67. The van der Waals surface area contributed by atoms with Gasteiger partial charge < -0.3 is 10.6 Å². The van der Waals surface area contributed by atoms with Gasteiger partial charge >= 0.3 is 0 Å². The quantitative estimate of drug-likeness (QED) is 0.870. The molecule has 2 rings (SSSR count). The summed E-state index contributed by atoms with van der Waals surface area (Å²) in [6, 6.07) is 8.45. The van der Waals surface area contributed by atoms with Gasteiger partial charge in [-0.3, -0.25) is 0 Å². The van der Waals surface area contributed by atoms with Crippen LogP contribution < -0.4 is 10.6 Å². The summed E-state index contributed by atoms with van der Waals surface area (Å²) >= 11 is 0. The standard InChI is InChI=1S/C16H22N4/c1-5-12-7-9-13(10-8-12)18-16-11(3)15(17-4)19-14(6-2)20-16/h7-10H,5-6H2,1-4H3,(H2,17,18,19,20). The summed E-state index contributed by atoms with van der Waals surface area (Å²) in [5.74, 6) is 2.59. The first kappa shape index (κ1) is 14.3. The first-order valence-corrected chi connectivity index (χ1v) is 7.09. The van der Waals surface area contributed by atoms with Crippen molar-refractivity contribution in [2.75, 3.05) is 17.7 Å². The van der Waals surface area contributed by atoms with Crippen LogP contribution in [0, 0.1) is 6.92 Å². The second-order valence-electron chi connectivity index (χ2n) is 4.74. The molecule has 0 saturated carbocycles. The second kappa shape index (κ2) is 6.37. The Hall–Kier alpha value is -2.10. The molecule has 0 amide bonds. The van der Waals surface area contributed by atoms with Crippen molar-refractivity contribution in [3.63, 3.8) is 0 Å². The fourth-order valence-corrected chi connectivity index (χ4v) is 2.05. The van der Waals surface area contributed by atoms with Gasteiger partial charge in [0.2, 0.25) is 0 Å². The molecule has 1 aromatic heterocycles. The van der Waals surface area contributed by atoms with Gasteiger partial charge in [-0.05, 0) is 31.0 Å². The zero-order valence-corrected chi connectivity index (χ0v) is 12.6. The van der Waals surface area contributed by atoms with Crippen LogP contribution in [0.2, 0.25) is 0 Å². The van der Waals surface area contributed by atoms with Crippen molar-refractivity contribution < 1.29 is 0 Å². The SMILES string of the molecule is CCc1ccc(Nc2nc(CC)nc(NC)c2C)cc1. The highest BCUT2D eigenvalue weighted by Crippen LogP contribution is 2.23. The summed E-state index contributed by atoms with van der Waals surface area (Å²) in [5.41, 5.74) is 3.41. The lowest BCUT2D eigenvalue weighted by molar-refractivity contribution is 0.935. The van der Waals surface area contributed by atoms with Crippen molar-refractivity contribution in [2.24, 2.45) is 0 Å². The molecule has 0 aliphatic carbocycles. The van der Waals surface area contributed by atoms with Crippen LogP contribution in [-0.2, 0) is 12.8 Å². The van der Waals surface area contributed by atoms with Gasteiger partial charge in [0, 0.05) is 24.7 Å². The molecule has 0 aliphatic rings. The predicted octanol–water partition coefficient (Wildman–Crippen LogP) is 3.70. The van der Waals surface area contributed by atoms with Crippen LogP contribution in [0.5, 0.6) is 0 Å². The molecule has 106 valence electrons. The Balaban J connectivity index is 2.31. The van der Waals surface area contributed by atoms with Crippen LogP contribution in [0.3, 0.4) is 0 Å². The van der Waals surface area contributed by atoms with Gasteiger partial charge in [-0.1, -0.05) is 26.0 Å². The van der Waals surface area contributed by atoms with E-state index in [1.165, 1.54) is 5.56 Å². The van der Waals surface area contributed by atoms with E-state index in [2.05, 4.69) is 58.7 Å². The molecule has 20 heavy (non-hydrogen) atoms. The van der Waals surface area contributed by atoms with Crippen molar-refractivity contribution in [2.45, 2.75) is 33.6 Å². The molecule has 0 spiro atoms. The zero-order chi connectivity index (χ0) is 14.5. The summed E-state index contributed by atoms with van der Waals surface area (Å²) in [6.45, 7) is 6.24. The molecular weight excluding hydrogens is 248 g/mol. The monoisotopic (exact) mass is 270 g/mol. The Morgan fingerprint density at radius 2 is 1.60 bits per heavy atom. The van der Waals surface area contributed by atoms with Crippen LogP contribution in [0.15, 0.2) is 24.3 Å². The molecule has 0 radical (unpaired) electrons. The number of nitrogens with one attached hydrogen (secondary N) is 2. The third kappa shape index (κ3) is 3.07. The Labute approximate surface area is 120 Å². The molecule has 4 heteroatoms. The van der Waals surface area contributed by atoms with Gasteiger partial charge in [0.1, 0.15) is 17.5 Å². The predicted molar refractivity (Wildman–Crippen MR) is 84.8 cm³/mol. The minimum absolute atomic E-state index is 0.818. The van der Waals surface area contributed by atoms with Crippen molar-refractivity contribution in [3.8, 4) is 0 Å². The van der Waals surface area contributed by atoms with Crippen molar-refractivity contribution in [3.05, 3.63) is 41.2 Å². The molecule has 0 aliphatic heterocycles. The van der Waals surface area contributed by atoms with Gasteiger partial charge in [0.25, 0.3) is 0 Å². The molecule has 2 N–H and O–H groups in total. The van der Waals surface area contributed by atoms with Gasteiger partial charge in [-0.2, -0.15) is 0 Å². The van der Waals surface area contributed by atoms with Crippen LogP contribution in [-0.4, -0.2) is 17.0 Å². The smallest absolute Gasteiger partial charge is 0.139 e. The van der Waals surface area contributed by atoms with Crippen LogP contribution in [0.25, 0.3) is 0 Å². The molecule has 0 atom stereocenters. The average Bonchev–Trinajstić information content (AvgIpc) is 2.50.